The van der Waals surface area contributed by atoms with Gasteiger partial charge in [0.05, 0.1) is 24.4 Å². The minimum absolute atomic E-state index is 0.0987. The molecule has 0 aliphatic rings. The summed E-state index contributed by atoms with van der Waals surface area (Å²) in [4.78, 5) is 17.2. The maximum atomic E-state index is 12.2. The van der Waals surface area contributed by atoms with Crippen LogP contribution in [0, 0.1) is 13.8 Å². The smallest absolute Gasteiger partial charge is 0.263 e. The second-order valence-corrected chi connectivity index (χ2v) is 6.37. The van der Waals surface area contributed by atoms with Crippen molar-refractivity contribution in [3.8, 4) is 11.5 Å². The Morgan fingerprint density at radius 3 is 2.70 bits per heavy atom. The first-order valence-corrected chi connectivity index (χ1v) is 8.38. The monoisotopic (exact) mass is 334 g/mol. The van der Waals surface area contributed by atoms with E-state index in [4.69, 9.17) is 9.47 Å². The van der Waals surface area contributed by atoms with Crippen molar-refractivity contribution in [1.82, 2.24) is 10.3 Å². The number of methoxy groups -OCH3 is 1. The van der Waals surface area contributed by atoms with E-state index in [1.165, 1.54) is 11.3 Å². The van der Waals surface area contributed by atoms with Crippen molar-refractivity contribution in [1.29, 1.82) is 0 Å². The van der Waals surface area contributed by atoms with Gasteiger partial charge >= 0.3 is 0 Å². The molecule has 0 aliphatic carbocycles. The maximum Gasteiger partial charge on any atom is 0.263 e. The van der Waals surface area contributed by atoms with Gasteiger partial charge in [0.1, 0.15) is 4.88 Å². The number of benzene rings is 1. The Hall–Kier alpha value is -2.08. The molecule has 0 spiro atoms. The lowest BCUT2D eigenvalue weighted by molar-refractivity contribution is 0.0954. The van der Waals surface area contributed by atoms with Crippen molar-refractivity contribution < 1.29 is 14.3 Å². The summed E-state index contributed by atoms with van der Waals surface area (Å²) in [6.07, 6.45) is 0.939. The van der Waals surface area contributed by atoms with Gasteiger partial charge in [-0.05, 0) is 38.0 Å². The molecule has 1 aromatic carbocycles. The molecule has 1 N–H and O–H groups in total. The third kappa shape index (κ3) is 4.45. The average molecular weight is 334 g/mol. The van der Waals surface area contributed by atoms with Gasteiger partial charge in [0.15, 0.2) is 11.5 Å². The summed E-state index contributed by atoms with van der Waals surface area (Å²) in [5.74, 6) is 1.30. The summed E-state index contributed by atoms with van der Waals surface area (Å²) in [6, 6.07) is 5.69. The number of amides is 1. The van der Waals surface area contributed by atoms with Crippen LogP contribution >= 0.6 is 11.3 Å². The second kappa shape index (κ2) is 7.97. The number of aromatic nitrogens is 1. The molecule has 0 radical (unpaired) electrons. The van der Waals surface area contributed by atoms with Crippen LogP contribution in [0.2, 0.25) is 0 Å². The van der Waals surface area contributed by atoms with Gasteiger partial charge in [-0.25, -0.2) is 4.98 Å². The van der Waals surface area contributed by atoms with Gasteiger partial charge in [-0.15, -0.1) is 11.3 Å². The molecule has 1 aromatic heterocycles. The summed E-state index contributed by atoms with van der Waals surface area (Å²) >= 11 is 1.41. The molecule has 6 heteroatoms. The molecule has 124 valence electrons. The summed E-state index contributed by atoms with van der Waals surface area (Å²) in [5, 5.41) is 3.81. The van der Waals surface area contributed by atoms with Gasteiger partial charge in [0.2, 0.25) is 0 Å². The lowest BCUT2D eigenvalue weighted by atomic mass is 10.2. The van der Waals surface area contributed by atoms with Crippen molar-refractivity contribution in [2.45, 2.75) is 33.7 Å². The van der Waals surface area contributed by atoms with E-state index in [1.54, 1.807) is 7.11 Å². The highest BCUT2D eigenvalue weighted by Gasteiger charge is 2.14. The highest BCUT2D eigenvalue weighted by molar-refractivity contribution is 7.13. The van der Waals surface area contributed by atoms with Gasteiger partial charge in [0, 0.05) is 6.54 Å². The number of nitrogens with one attached hydrogen (secondary N) is 1. The first kappa shape index (κ1) is 17.3. The molecule has 2 aromatic rings. The number of carbonyl (C=O) groups excluding carboxylic acids is 1. The molecule has 1 amide bonds. The van der Waals surface area contributed by atoms with Crippen LogP contribution in [-0.4, -0.2) is 24.6 Å². The van der Waals surface area contributed by atoms with E-state index >= 15 is 0 Å². The highest BCUT2D eigenvalue weighted by Crippen LogP contribution is 2.28. The lowest BCUT2D eigenvalue weighted by Crippen LogP contribution is -2.22. The van der Waals surface area contributed by atoms with Gasteiger partial charge in [-0.1, -0.05) is 13.0 Å². The van der Waals surface area contributed by atoms with Crippen LogP contribution in [0.4, 0.5) is 0 Å². The second-order valence-electron chi connectivity index (χ2n) is 5.16. The molecule has 0 saturated carbocycles. The molecule has 5 nitrogen and oxygen atoms in total. The fourth-order valence-corrected chi connectivity index (χ4v) is 2.99. The Balaban J connectivity index is 2.03. The summed E-state index contributed by atoms with van der Waals surface area (Å²) in [5.41, 5.74) is 1.73. The maximum absolute atomic E-state index is 12.2. The fraction of sp³-hybridized carbons (Fsp3) is 0.412. The highest BCUT2D eigenvalue weighted by atomic mass is 32.1. The van der Waals surface area contributed by atoms with E-state index in [0.29, 0.717) is 23.8 Å². The summed E-state index contributed by atoms with van der Waals surface area (Å²) in [7, 11) is 1.61. The third-order valence-electron chi connectivity index (χ3n) is 3.25. The van der Waals surface area contributed by atoms with Gasteiger partial charge in [0.25, 0.3) is 5.91 Å². The van der Waals surface area contributed by atoms with Crippen LogP contribution in [-0.2, 0) is 6.54 Å². The number of carbonyl (C=O) groups is 1. The Bertz CT molecular complexity index is 682. The van der Waals surface area contributed by atoms with Crippen LogP contribution in [0.25, 0.3) is 0 Å². The zero-order valence-electron chi connectivity index (χ0n) is 13.9. The summed E-state index contributed by atoms with van der Waals surface area (Å²) in [6.45, 7) is 6.88. The topological polar surface area (TPSA) is 60.5 Å². The SMILES string of the molecule is CCCOc1ccc(CNC(=O)c2sc(C)nc2C)cc1OC. The Labute approximate surface area is 140 Å². The first-order chi connectivity index (χ1) is 11.0. The minimum Gasteiger partial charge on any atom is -0.493 e. The molecule has 0 unspecified atom stereocenters. The number of hydrogen-bond donors (Lipinski definition) is 1. The number of rotatable bonds is 7. The van der Waals surface area contributed by atoms with Crippen molar-refractivity contribution >= 4 is 17.2 Å². The van der Waals surface area contributed by atoms with Crippen LogP contribution in [0.5, 0.6) is 11.5 Å². The predicted octanol–water partition coefficient (Wildman–Crippen LogP) is 3.49. The van der Waals surface area contributed by atoms with Crippen LogP contribution in [0.3, 0.4) is 0 Å². The quantitative estimate of drug-likeness (QED) is 0.842. The van der Waals surface area contributed by atoms with E-state index in [-0.39, 0.29) is 5.91 Å². The molecular weight excluding hydrogens is 312 g/mol. The number of hydrogen-bond acceptors (Lipinski definition) is 5. The number of ether oxygens (including phenoxy) is 2. The van der Waals surface area contributed by atoms with Crippen LogP contribution in [0.15, 0.2) is 18.2 Å². The Morgan fingerprint density at radius 1 is 1.30 bits per heavy atom. The fourth-order valence-electron chi connectivity index (χ4n) is 2.16. The van der Waals surface area contributed by atoms with Crippen molar-refractivity contribution in [2.75, 3.05) is 13.7 Å². The zero-order chi connectivity index (χ0) is 16.8. The first-order valence-electron chi connectivity index (χ1n) is 7.57. The van der Waals surface area contributed by atoms with E-state index in [2.05, 4.69) is 17.2 Å². The van der Waals surface area contributed by atoms with Gasteiger partial charge in [-0.3, -0.25) is 4.79 Å². The molecule has 2 rings (SSSR count). The van der Waals surface area contributed by atoms with Crippen molar-refractivity contribution in [3.63, 3.8) is 0 Å². The van der Waals surface area contributed by atoms with Gasteiger partial charge < -0.3 is 14.8 Å². The largest absolute Gasteiger partial charge is 0.493 e. The van der Waals surface area contributed by atoms with E-state index in [1.807, 2.05) is 32.0 Å². The molecule has 1 heterocycles. The summed E-state index contributed by atoms with van der Waals surface area (Å²) < 4.78 is 11.0. The number of thiazole rings is 1. The molecule has 0 aliphatic heterocycles. The van der Waals surface area contributed by atoms with Gasteiger partial charge in [-0.2, -0.15) is 0 Å². The Kier molecular flexibility index (Phi) is 5.98. The number of aryl methyl sites for hydroxylation is 2. The molecule has 0 fully saturated rings. The molecule has 23 heavy (non-hydrogen) atoms. The van der Waals surface area contributed by atoms with Crippen LogP contribution < -0.4 is 14.8 Å². The van der Waals surface area contributed by atoms with Crippen molar-refractivity contribution in [2.24, 2.45) is 0 Å². The molecule has 0 bridgehead atoms. The van der Waals surface area contributed by atoms with Crippen LogP contribution in [0.1, 0.15) is 39.3 Å². The molecule has 0 saturated heterocycles. The normalized spacial score (nSPS) is 10.4. The predicted molar refractivity (Wildman–Crippen MR) is 91.5 cm³/mol. The van der Waals surface area contributed by atoms with E-state index in [9.17, 15) is 4.79 Å². The molecular formula is C17H22N2O3S. The standard InChI is InChI=1S/C17H22N2O3S/c1-5-8-22-14-7-6-13(9-15(14)21-4)10-18-17(20)16-11(2)19-12(3)23-16/h6-7,9H,5,8,10H2,1-4H3,(H,18,20). The van der Waals surface area contributed by atoms with E-state index < -0.39 is 0 Å². The molecule has 0 atom stereocenters. The average Bonchev–Trinajstić information content (AvgIpc) is 2.89. The zero-order valence-corrected chi connectivity index (χ0v) is 14.8. The number of nitrogens with zero attached hydrogens (tertiary/aromatic N) is 1. The van der Waals surface area contributed by atoms with E-state index in [0.717, 1.165) is 28.4 Å². The lowest BCUT2D eigenvalue weighted by Gasteiger charge is -2.12. The third-order valence-corrected chi connectivity index (χ3v) is 4.32. The minimum atomic E-state index is -0.0987. The van der Waals surface area contributed by atoms with Crippen molar-refractivity contribution in [3.05, 3.63) is 39.3 Å². The Morgan fingerprint density at radius 2 is 2.09 bits per heavy atom.